The van der Waals surface area contributed by atoms with E-state index in [1.54, 1.807) is 29.0 Å². The summed E-state index contributed by atoms with van der Waals surface area (Å²) in [5.74, 6) is -0.578. The van der Waals surface area contributed by atoms with Gasteiger partial charge in [-0.1, -0.05) is 0 Å². The number of fused-ring (bicyclic) bond motifs is 1. The molecule has 3 heterocycles. The van der Waals surface area contributed by atoms with Crippen molar-refractivity contribution in [2.24, 2.45) is 0 Å². The van der Waals surface area contributed by atoms with Gasteiger partial charge in [0, 0.05) is 68.9 Å². The molecule has 2 aliphatic rings. The summed E-state index contributed by atoms with van der Waals surface area (Å²) in [5, 5.41) is 0.455. The average Bonchev–Trinajstić information content (AvgIpc) is 3.19. The molecule has 1 aromatic carbocycles. The summed E-state index contributed by atoms with van der Waals surface area (Å²) in [5.41, 5.74) is 0.696. The lowest BCUT2D eigenvalue weighted by Gasteiger charge is -2.37. The highest BCUT2D eigenvalue weighted by Crippen LogP contribution is 2.28. The summed E-state index contributed by atoms with van der Waals surface area (Å²) in [4.78, 5) is 32.0. The van der Waals surface area contributed by atoms with Gasteiger partial charge >= 0.3 is 6.18 Å². The van der Waals surface area contributed by atoms with Crippen LogP contribution in [0, 0.1) is 0 Å². The first-order chi connectivity index (χ1) is 16.6. The number of likely N-dealkylation sites (tertiary alicyclic amines) is 1. The van der Waals surface area contributed by atoms with Crippen LogP contribution in [-0.2, 0) is 11.3 Å². The molecular formula is C25H33F3N4O3. The highest BCUT2D eigenvalue weighted by Gasteiger charge is 2.33. The molecule has 0 aliphatic carbocycles. The maximum atomic E-state index is 13.4. The van der Waals surface area contributed by atoms with Gasteiger partial charge in [-0.15, -0.1) is 0 Å². The lowest BCUT2D eigenvalue weighted by molar-refractivity contribution is -0.140. The Balaban J connectivity index is 1.61. The fraction of sp³-hybridized carbons (Fsp3) is 0.600. The van der Waals surface area contributed by atoms with Crippen LogP contribution in [0.5, 0.6) is 0 Å². The van der Waals surface area contributed by atoms with Crippen LogP contribution in [0.1, 0.15) is 47.5 Å². The highest BCUT2D eigenvalue weighted by atomic mass is 19.4. The zero-order chi connectivity index (χ0) is 25.3. The lowest BCUT2D eigenvalue weighted by Crippen LogP contribution is -2.50. The van der Waals surface area contributed by atoms with E-state index in [-0.39, 0.29) is 17.7 Å². The molecule has 4 rings (SSSR count). The first-order valence-electron chi connectivity index (χ1n) is 12.1. The monoisotopic (exact) mass is 494 g/mol. The van der Waals surface area contributed by atoms with Gasteiger partial charge in [0.1, 0.15) is 12.2 Å². The van der Waals surface area contributed by atoms with Crippen molar-refractivity contribution in [1.82, 2.24) is 19.3 Å². The fourth-order valence-electron chi connectivity index (χ4n) is 5.01. The van der Waals surface area contributed by atoms with E-state index in [4.69, 9.17) is 4.74 Å². The number of amides is 2. The molecule has 2 fully saturated rings. The topological polar surface area (TPSA) is 58.0 Å². The minimum absolute atomic E-state index is 0.0108. The first-order valence-corrected chi connectivity index (χ1v) is 12.1. The van der Waals surface area contributed by atoms with Gasteiger partial charge in [0.2, 0.25) is 0 Å². The molecule has 192 valence electrons. The number of piperazine rings is 1. The van der Waals surface area contributed by atoms with Crippen molar-refractivity contribution in [3.63, 3.8) is 0 Å². The van der Waals surface area contributed by atoms with Crippen LogP contribution in [0.3, 0.4) is 0 Å². The van der Waals surface area contributed by atoms with Gasteiger partial charge in [-0.2, -0.15) is 13.2 Å². The number of aromatic nitrogens is 1. The average molecular weight is 495 g/mol. The van der Waals surface area contributed by atoms with E-state index in [0.29, 0.717) is 61.5 Å². The molecule has 2 saturated heterocycles. The number of carbonyl (C=O) groups excluding carboxylic acids is 2. The Morgan fingerprint density at radius 1 is 0.971 bits per heavy atom. The molecule has 0 N–H and O–H groups in total. The molecule has 0 bridgehead atoms. The third kappa shape index (κ3) is 5.64. The molecule has 2 amide bonds. The SMILES string of the molecule is COC1CCN(C(=O)c2cc3cc(C(=O)N4CCN(C(C)C)CC4)ccc3n2CC(F)(F)F)CC1. The second-order valence-corrected chi connectivity index (χ2v) is 9.65. The predicted octanol–water partition coefficient (Wildman–Crippen LogP) is 3.62. The Labute approximate surface area is 203 Å². The number of alkyl halides is 3. The molecule has 10 heteroatoms. The van der Waals surface area contributed by atoms with E-state index in [2.05, 4.69) is 18.7 Å². The third-order valence-corrected chi connectivity index (χ3v) is 7.10. The Kier molecular flexibility index (Phi) is 7.42. The number of benzene rings is 1. The Morgan fingerprint density at radius 2 is 1.60 bits per heavy atom. The smallest absolute Gasteiger partial charge is 0.381 e. The Morgan fingerprint density at radius 3 is 2.17 bits per heavy atom. The van der Waals surface area contributed by atoms with Crippen LogP contribution >= 0.6 is 0 Å². The predicted molar refractivity (Wildman–Crippen MR) is 127 cm³/mol. The normalized spacial score (nSPS) is 18.6. The number of carbonyl (C=O) groups is 2. The molecule has 35 heavy (non-hydrogen) atoms. The number of piperidine rings is 1. The van der Waals surface area contributed by atoms with Gasteiger partial charge in [0.15, 0.2) is 0 Å². The maximum Gasteiger partial charge on any atom is 0.406 e. The van der Waals surface area contributed by atoms with Gasteiger partial charge in [0.25, 0.3) is 11.8 Å². The summed E-state index contributed by atoms with van der Waals surface area (Å²) in [6.45, 7) is 6.60. The van der Waals surface area contributed by atoms with Crippen molar-refractivity contribution < 1.29 is 27.5 Å². The summed E-state index contributed by atoms with van der Waals surface area (Å²) >= 11 is 0. The molecular weight excluding hydrogens is 461 g/mol. The summed E-state index contributed by atoms with van der Waals surface area (Å²) in [6, 6.07) is 6.58. The van der Waals surface area contributed by atoms with Gasteiger partial charge in [-0.3, -0.25) is 14.5 Å². The third-order valence-electron chi connectivity index (χ3n) is 7.10. The summed E-state index contributed by atoms with van der Waals surface area (Å²) in [6.07, 6.45) is -3.15. The molecule has 1 aromatic heterocycles. The molecule has 7 nitrogen and oxygen atoms in total. The maximum absolute atomic E-state index is 13.4. The van der Waals surface area contributed by atoms with Crippen molar-refractivity contribution >= 4 is 22.7 Å². The number of nitrogens with zero attached hydrogens (tertiary/aromatic N) is 4. The summed E-state index contributed by atoms with van der Waals surface area (Å²) < 4.78 is 46.7. The molecule has 0 unspecified atom stereocenters. The van der Waals surface area contributed by atoms with Crippen LogP contribution in [0.25, 0.3) is 10.9 Å². The van der Waals surface area contributed by atoms with E-state index in [9.17, 15) is 22.8 Å². The van der Waals surface area contributed by atoms with Crippen molar-refractivity contribution in [2.45, 2.75) is 51.6 Å². The second kappa shape index (κ2) is 10.2. The van der Waals surface area contributed by atoms with E-state index in [0.717, 1.165) is 17.7 Å². The van der Waals surface area contributed by atoms with Gasteiger partial charge in [0.05, 0.1) is 6.10 Å². The Hall–Kier alpha value is -2.59. The van der Waals surface area contributed by atoms with Crippen molar-refractivity contribution in [3.05, 3.63) is 35.5 Å². The van der Waals surface area contributed by atoms with Crippen molar-refractivity contribution in [2.75, 3.05) is 46.4 Å². The van der Waals surface area contributed by atoms with Crippen molar-refractivity contribution in [1.29, 1.82) is 0 Å². The number of methoxy groups -OCH3 is 1. The number of hydrogen-bond donors (Lipinski definition) is 0. The van der Waals surface area contributed by atoms with Gasteiger partial charge in [-0.25, -0.2) is 0 Å². The first kappa shape index (κ1) is 25.5. The zero-order valence-corrected chi connectivity index (χ0v) is 20.5. The molecule has 0 radical (unpaired) electrons. The van der Waals surface area contributed by atoms with E-state index >= 15 is 0 Å². The number of rotatable bonds is 5. The van der Waals surface area contributed by atoms with Crippen LogP contribution in [0.15, 0.2) is 24.3 Å². The molecule has 0 atom stereocenters. The number of ether oxygens (including phenoxy) is 1. The van der Waals surface area contributed by atoms with Crippen LogP contribution in [0.4, 0.5) is 13.2 Å². The minimum atomic E-state index is -4.49. The van der Waals surface area contributed by atoms with Crippen molar-refractivity contribution in [3.8, 4) is 0 Å². The number of halogens is 3. The number of hydrogen-bond acceptors (Lipinski definition) is 4. The Bertz CT molecular complexity index is 1070. The van der Waals surface area contributed by atoms with Crippen LogP contribution in [-0.4, -0.2) is 95.8 Å². The largest absolute Gasteiger partial charge is 0.406 e. The highest BCUT2D eigenvalue weighted by molar-refractivity contribution is 6.02. The quantitative estimate of drug-likeness (QED) is 0.637. The van der Waals surface area contributed by atoms with E-state index in [1.807, 2.05) is 0 Å². The minimum Gasteiger partial charge on any atom is -0.381 e. The fourth-order valence-corrected chi connectivity index (χ4v) is 5.01. The van der Waals surface area contributed by atoms with Crippen LogP contribution < -0.4 is 0 Å². The standard InChI is InChI=1S/C25H33F3N4O3/c1-17(2)29-10-12-31(13-11-29)23(33)18-4-5-21-19(14-18)15-22(32(21)16-25(26,27)28)24(34)30-8-6-20(35-3)7-9-30/h4-5,14-15,17,20H,6-13,16H2,1-3H3. The van der Waals surface area contributed by atoms with E-state index < -0.39 is 18.6 Å². The molecule has 0 spiro atoms. The van der Waals surface area contributed by atoms with Gasteiger partial charge < -0.3 is 19.1 Å². The van der Waals surface area contributed by atoms with Crippen LogP contribution in [0.2, 0.25) is 0 Å². The second-order valence-electron chi connectivity index (χ2n) is 9.65. The zero-order valence-electron chi connectivity index (χ0n) is 20.5. The molecule has 0 saturated carbocycles. The van der Waals surface area contributed by atoms with Gasteiger partial charge in [-0.05, 0) is 51.0 Å². The molecule has 2 aliphatic heterocycles. The lowest BCUT2D eigenvalue weighted by atomic mass is 10.1. The summed E-state index contributed by atoms with van der Waals surface area (Å²) in [7, 11) is 1.62. The van der Waals surface area contributed by atoms with E-state index in [1.165, 1.54) is 12.1 Å². The molecule has 2 aromatic rings.